The summed E-state index contributed by atoms with van der Waals surface area (Å²) in [6, 6.07) is 0. The molecule has 6 heteroatoms. The first kappa shape index (κ1) is 12.9. The summed E-state index contributed by atoms with van der Waals surface area (Å²) in [4.78, 5) is 10.8. The molecule has 1 N–H and O–H groups in total. The molecule has 1 aliphatic rings. The topological polar surface area (TPSA) is 73.0 Å². The van der Waals surface area contributed by atoms with E-state index in [1.54, 1.807) is 11.7 Å². The van der Waals surface area contributed by atoms with Crippen molar-refractivity contribution in [2.75, 3.05) is 11.9 Å². The molecule has 1 fully saturated rings. The molecule has 0 unspecified atom stereocenters. The molecular weight excluding hydrogens is 232 g/mol. The van der Waals surface area contributed by atoms with E-state index < -0.39 is 0 Å². The number of hydrogen-bond acceptors (Lipinski definition) is 4. The van der Waals surface area contributed by atoms with Gasteiger partial charge in [-0.05, 0) is 18.8 Å². The smallest absolute Gasteiger partial charge is 0.333 e. The Morgan fingerprint density at radius 2 is 2.28 bits per heavy atom. The molecule has 1 aromatic heterocycles. The third-order valence-corrected chi connectivity index (χ3v) is 3.68. The fourth-order valence-corrected chi connectivity index (χ4v) is 2.37. The van der Waals surface area contributed by atoms with E-state index in [0.717, 1.165) is 18.9 Å². The highest BCUT2D eigenvalue weighted by Gasteiger charge is 2.25. The summed E-state index contributed by atoms with van der Waals surface area (Å²) in [6.07, 6.45) is 5.60. The summed E-state index contributed by atoms with van der Waals surface area (Å²) in [5.74, 6) is 1.34. The lowest BCUT2D eigenvalue weighted by molar-refractivity contribution is -0.384. The number of nitrogens with one attached hydrogen (secondary N) is 1. The molecule has 1 aromatic rings. The monoisotopic (exact) mass is 252 g/mol. The van der Waals surface area contributed by atoms with Gasteiger partial charge in [-0.25, -0.2) is 4.68 Å². The predicted molar refractivity (Wildman–Crippen MR) is 69.7 cm³/mol. The van der Waals surface area contributed by atoms with Gasteiger partial charge in [0.15, 0.2) is 0 Å². The zero-order valence-corrected chi connectivity index (χ0v) is 11.0. The van der Waals surface area contributed by atoms with Gasteiger partial charge in [-0.15, -0.1) is 0 Å². The zero-order chi connectivity index (χ0) is 13.1. The van der Waals surface area contributed by atoms with Gasteiger partial charge < -0.3 is 5.32 Å². The number of aryl methyl sites for hydroxylation is 2. The first-order valence-electron chi connectivity index (χ1n) is 6.57. The van der Waals surface area contributed by atoms with E-state index in [9.17, 15) is 10.1 Å². The lowest BCUT2D eigenvalue weighted by atomic mass is 9.83. The standard InChI is InChI=1S/C12H20N4O2/c1-3-10-11(16(17)18)12(15(2)14-10)13-8-7-9-5-4-6-9/h9,13H,3-8H2,1-2H3. The van der Waals surface area contributed by atoms with Crippen LogP contribution in [-0.4, -0.2) is 21.2 Å². The van der Waals surface area contributed by atoms with Crippen LogP contribution in [0.15, 0.2) is 0 Å². The molecule has 0 amide bonds. The largest absolute Gasteiger partial charge is 0.365 e. The van der Waals surface area contributed by atoms with E-state index in [4.69, 9.17) is 0 Å². The van der Waals surface area contributed by atoms with Crippen LogP contribution in [0.25, 0.3) is 0 Å². The fourth-order valence-electron chi connectivity index (χ4n) is 2.37. The summed E-state index contributed by atoms with van der Waals surface area (Å²) in [5, 5.41) is 18.5. The first-order valence-corrected chi connectivity index (χ1v) is 6.57. The molecule has 0 atom stereocenters. The normalized spacial score (nSPS) is 15.4. The van der Waals surface area contributed by atoms with Crippen LogP contribution in [0.3, 0.4) is 0 Å². The second-order valence-corrected chi connectivity index (χ2v) is 4.89. The minimum atomic E-state index is -0.336. The maximum absolute atomic E-state index is 11.1. The van der Waals surface area contributed by atoms with Gasteiger partial charge in [0.2, 0.25) is 5.82 Å². The highest BCUT2D eigenvalue weighted by molar-refractivity contribution is 5.59. The van der Waals surface area contributed by atoms with Crippen molar-refractivity contribution in [1.29, 1.82) is 0 Å². The van der Waals surface area contributed by atoms with E-state index in [2.05, 4.69) is 10.4 Å². The Morgan fingerprint density at radius 1 is 1.56 bits per heavy atom. The highest BCUT2D eigenvalue weighted by atomic mass is 16.6. The SMILES string of the molecule is CCc1nn(C)c(NCCC2CCC2)c1[N+](=O)[O-]. The minimum Gasteiger partial charge on any atom is -0.365 e. The van der Waals surface area contributed by atoms with Gasteiger partial charge in [0, 0.05) is 13.6 Å². The molecule has 0 spiro atoms. The van der Waals surface area contributed by atoms with Crippen molar-refractivity contribution in [1.82, 2.24) is 9.78 Å². The molecule has 0 saturated heterocycles. The van der Waals surface area contributed by atoms with Crippen molar-refractivity contribution in [3.63, 3.8) is 0 Å². The number of anilines is 1. The molecule has 1 aliphatic carbocycles. The maximum Gasteiger partial charge on any atom is 0.333 e. The van der Waals surface area contributed by atoms with Gasteiger partial charge in [-0.3, -0.25) is 10.1 Å². The summed E-state index contributed by atoms with van der Waals surface area (Å²) in [7, 11) is 1.75. The van der Waals surface area contributed by atoms with Crippen molar-refractivity contribution in [3.8, 4) is 0 Å². The Morgan fingerprint density at radius 3 is 2.78 bits per heavy atom. The van der Waals surface area contributed by atoms with Crippen LogP contribution < -0.4 is 5.32 Å². The second-order valence-electron chi connectivity index (χ2n) is 4.89. The van der Waals surface area contributed by atoms with Gasteiger partial charge >= 0.3 is 5.69 Å². The minimum absolute atomic E-state index is 0.133. The summed E-state index contributed by atoms with van der Waals surface area (Å²) in [5.41, 5.74) is 0.683. The molecule has 0 aliphatic heterocycles. The van der Waals surface area contributed by atoms with Crippen LogP contribution in [0.4, 0.5) is 11.5 Å². The first-order chi connectivity index (χ1) is 8.63. The number of rotatable bonds is 6. The molecule has 18 heavy (non-hydrogen) atoms. The van der Waals surface area contributed by atoms with E-state index in [1.807, 2.05) is 6.92 Å². The Kier molecular flexibility index (Phi) is 3.84. The van der Waals surface area contributed by atoms with Crippen LogP contribution >= 0.6 is 0 Å². The van der Waals surface area contributed by atoms with E-state index in [0.29, 0.717) is 17.9 Å². The van der Waals surface area contributed by atoms with Gasteiger partial charge in [-0.1, -0.05) is 26.2 Å². The summed E-state index contributed by atoms with van der Waals surface area (Å²) < 4.78 is 1.58. The molecule has 6 nitrogen and oxygen atoms in total. The Bertz CT molecular complexity index is 438. The average Bonchev–Trinajstić information content (AvgIpc) is 2.59. The molecule has 0 aromatic carbocycles. The van der Waals surface area contributed by atoms with Crippen LogP contribution in [0.1, 0.15) is 38.3 Å². The lowest BCUT2D eigenvalue weighted by Gasteiger charge is -2.25. The van der Waals surface area contributed by atoms with Gasteiger partial charge in [0.25, 0.3) is 0 Å². The van der Waals surface area contributed by atoms with E-state index in [1.165, 1.54) is 19.3 Å². The number of nitrogens with zero attached hydrogens (tertiary/aromatic N) is 3. The second kappa shape index (κ2) is 5.37. The fraction of sp³-hybridized carbons (Fsp3) is 0.750. The predicted octanol–water partition coefficient (Wildman–Crippen LogP) is 2.49. The molecule has 2 rings (SSSR count). The number of nitro groups is 1. The van der Waals surface area contributed by atoms with E-state index in [-0.39, 0.29) is 10.6 Å². The van der Waals surface area contributed by atoms with Crippen LogP contribution in [0.5, 0.6) is 0 Å². The number of aromatic nitrogens is 2. The zero-order valence-electron chi connectivity index (χ0n) is 11.0. The maximum atomic E-state index is 11.1. The Labute approximate surface area is 107 Å². The molecule has 0 radical (unpaired) electrons. The van der Waals surface area contributed by atoms with Crippen molar-refractivity contribution in [3.05, 3.63) is 15.8 Å². The summed E-state index contributed by atoms with van der Waals surface area (Å²) >= 11 is 0. The van der Waals surface area contributed by atoms with Crippen molar-refractivity contribution < 1.29 is 4.92 Å². The third kappa shape index (κ3) is 2.47. The molecule has 1 heterocycles. The van der Waals surface area contributed by atoms with Gasteiger partial charge in [-0.2, -0.15) is 5.10 Å². The van der Waals surface area contributed by atoms with Gasteiger partial charge in [0.05, 0.1) is 4.92 Å². The third-order valence-electron chi connectivity index (χ3n) is 3.68. The van der Waals surface area contributed by atoms with Crippen molar-refractivity contribution >= 4 is 11.5 Å². The van der Waals surface area contributed by atoms with Gasteiger partial charge in [0.1, 0.15) is 5.69 Å². The molecule has 0 bridgehead atoms. The molecule has 100 valence electrons. The van der Waals surface area contributed by atoms with Crippen molar-refractivity contribution in [2.24, 2.45) is 13.0 Å². The quantitative estimate of drug-likeness (QED) is 0.623. The Balaban J connectivity index is 2.05. The average molecular weight is 252 g/mol. The number of hydrogen-bond donors (Lipinski definition) is 1. The Hall–Kier alpha value is -1.59. The van der Waals surface area contributed by atoms with Crippen LogP contribution in [-0.2, 0) is 13.5 Å². The summed E-state index contributed by atoms with van der Waals surface area (Å²) in [6.45, 7) is 2.67. The van der Waals surface area contributed by atoms with Crippen LogP contribution in [0, 0.1) is 16.0 Å². The highest BCUT2D eigenvalue weighted by Crippen LogP contribution is 2.31. The molecular formula is C12H20N4O2. The lowest BCUT2D eigenvalue weighted by Crippen LogP contribution is -2.16. The van der Waals surface area contributed by atoms with Crippen LogP contribution in [0.2, 0.25) is 0 Å². The van der Waals surface area contributed by atoms with Crippen molar-refractivity contribution in [2.45, 2.75) is 39.0 Å². The van der Waals surface area contributed by atoms with E-state index >= 15 is 0 Å². The molecule has 1 saturated carbocycles.